The van der Waals surface area contributed by atoms with Crippen LogP contribution in [0.2, 0.25) is 0 Å². The first-order chi connectivity index (χ1) is 15.6. The number of hydrogen-bond donors (Lipinski definition) is 8. The van der Waals surface area contributed by atoms with Gasteiger partial charge in [-0.1, -0.05) is 6.07 Å². The quantitative estimate of drug-likeness (QED) is 0.246. The van der Waals surface area contributed by atoms with E-state index in [1.807, 2.05) is 0 Å². The molecule has 0 amide bonds. The van der Waals surface area contributed by atoms with Gasteiger partial charge >= 0.3 is 0 Å². The van der Waals surface area contributed by atoms with Gasteiger partial charge in [-0.3, -0.25) is 4.79 Å². The summed E-state index contributed by atoms with van der Waals surface area (Å²) in [6.45, 7) is -0.670. The minimum Gasteiger partial charge on any atom is -0.507 e. The van der Waals surface area contributed by atoms with E-state index in [0.29, 0.717) is 0 Å². The molecule has 0 unspecified atom stereocenters. The van der Waals surface area contributed by atoms with Crippen LogP contribution in [-0.2, 0) is 4.74 Å². The largest absolute Gasteiger partial charge is 0.507 e. The molecule has 4 rings (SSSR count). The van der Waals surface area contributed by atoms with Crippen molar-refractivity contribution in [1.29, 1.82) is 0 Å². The third-order valence-corrected chi connectivity index (χ3v) is 5.54. The van der Waals surface area contributed by atoms with Gasteiger partial charge in [0.15, 0.2) is 23.7 Å². The van der Waals surface area contributed by atoms with Crippen molar-refractivity contribution >= 4 is 5.78 Å². The maximum absolute atomic E-state index is 12.7. The fraction of sp³-hybridized carbons (Fsp3) is 0.381. The number of rotatable bonds is 4. The number of aliphatic hydroxyl groups excluding tert-OH is 5. The molecule has 0 aliphatic carbocycles. The van der Waals surface area contributed by atoms with Crippen LogP contribution in [0.3, 0.4) is 0 Å². The van der Waals surface area contributed by atoms with Crippen LogP contribution in [0, 0.1) is 0 Å². The lowest BCUT2D eigenvalue weighted by Crippen LogP contribution is -2.60. The Kier molecular flexibility index (Phi) is 6.05. The lowest BCUT2D eigenvalue weighted by molar-refractivity contribution is -0.277. The summed E-state index contributed by atoms with van der Waals surface area (Å²) in [6.07, 6.45) is -10.8. The third kappa shape index (κ3) is 4.04. The number of Topliss-reactive ketones (excluding diaryl/α,β-unsaturated/α-hetero) is 1. The summed E-state index contributed by atoms with van der Waals surface area (Å²) in [4.78, 5) is 12.7. The highest BCUT2D eigenvalue weighted by molar-refractivity contribution is 6.05. The van der Waals surface area contributed by atoms with Gasteiger partial charge in [-0.25, -0.2) is 0 Å². The zero-order valence-electron chi connectivity index (χ0n) is 16.8. The Bertz CT molecular complexity index is 1050. The molecule has 2 aromatic rings. The van der Waals surface area contributed by atoms with E-state index in [1.165, 1.54) is 12.1 Å². The highest BCUT2D eigenvalue weighted by Crippen LogP contribution is 2.43. The molecule has 178 valence electrons. The van der Waals surface area contributed by atoms with Crippen molar-refractivity contribution in [3.8, 4) is 28.7 Å². The van der Waals surface area contributed by atoms with Crippen LogP contribution in [0.15, 0.2) is 30.3 Å². The maximum atomic E-state index is 12.7. The predicted octanol–water partition coefficient (Wildman–Crippen LogP) is -1.34. The number of fused-ring (bicyclic) bond motifs is 1. The highest BCUT2D eigenvalue weighted by atomic mass is 16.7. The molecular formula is C21H22O12. The maximum Gasteiger partial charge on any atom is 0.229 e. The van der Waals surface area contributed by atoms with E-state index in [9.17, 15) is 45.6 Å². The molecule has 1 fully saturated rings. The Balaban J connectivity index is 1.64. The monoisotopic (exact) mass is 466 g/mol. The van der Waals surface area contributed by atoms with Crippen LogP contribution >= 0.6 is 0 Å². The zero-order valence-corrected chi connectivity index (χ0v) is 16.8. The lowest BCUT2D eigenvalue weighted by Gasteiger charge is -2.39. The van der Waals surface area contributed by atoms with Gasteiger partial charge in [0.1, 0.15) is 47.2 Å². The molecule has 12 nitrogen and oxygen atoms in total. The van der Waals surface area contributed by atoms with Crippen molar-refractivity contribution in [3.05, 3.63) is 41.5 Å². The molecule has 12 heteroatoms. The fourth-order valence-corrected chi connectivity index (χ4v) is 3.74. The van der Waals surface area contributed by atoms with Crippen LogP contribution in [-0.4, -0.2) is 90.1 Å². The normalized spacial score (nSPS) is 31.5. The van der Waals surface area contributed by atoms with Crippen LogP contribution in [0.1, 0.15) is 22.0 Å². The van der Waals surface area contributed by atoms with Gasteiger partial charge in [0, 0.05) is 12.1 Å². The van der Waals surface area contributed by atoms with Gasteiger partial charge in [-0.15, -0.1) is 0 Å². The van der Waals surface area contributed by atoms with E-state index < -0.39 is 72.6 Å². The van der Waals surface area contributed by atoms with Gasteiger partial charge < -0.3 is 55.1 Å². The van der Waals surface area contributed by atoms with Gasteiger partial charge in [-0.05, 0) is 17.7 Å². The number of aromatic hydroxyl groups is 3. The molecule has 2 aliphatic rings. The molecule has 2 aliphatic heterocycles. The number of ether oxygens (including phenoxy) is 3. The first-order valence-electron chi connectivity index (χ1n) is 9.87. The highest BCUT2D eigenvalue weighted by Gasteiger charge is 2.45. The summed E-state index contributed by atoms with van der Waals surface area (Å²) in [5, 5.41) is 79.2. The summed E-state index contributed by atoms with van der Waals surface area (Å²) in [5.41, 5.74) is -0.167. The van der Waals surface area contributed by atoms with Gasteiger partial charge in [0.2, 0.25) is 12.1 Å². The SMILES string of the molecule is O=C1c2c(O)cc(O[C@@H]3O[C@H](CO)[C@@H](O)[C@H](O)[C@H]3O)cc2O[C@@H](c2ccc(O)c(O)c2)[C@@H]1O. The number of carbonyl (C=O) groups excluding carboxylic acids is 1. The van der Waals surface area contributed by atoms with E-state index in [-0.39, 0.29) is 22.6 Å². The van der Waals surface area contributed by atoms with Crippen molar-refractivity contribution in [2.45, 2.75) is 42.9 Å². The van der Waals surface area contributed by atoms with E-state index in [2.05, 4.69) is 0 Å². The first-order valence-corrected chi connectivity index (χ1v) is 9.87. The molecule has 33 heavy (non-hydrogen) atoms. The van der Waals surface area contributed by atoms with Gasteiger partial charge in [0.25, 0.3) is 0 Å². The Hall–Kier alpha value is -3.13. The molecule has 0 radical (unpaired) electrons. The molecule has 2 aromatic carbocycles. The standard InChI is InChI=1S/C21H22O12/c22-6-13-15(26)17(28)19(30)21(33-13)31-8-4-11(25)14-12(5-8)32-20(18(29)16(14)27)7-1-2-9(23)10(24)3-7/h1-5,13,15,17-26,28-30H,6H2/t13-,15-,17+,18-,19-,20+,21-/m1/s1. The number of hydrogen-bond acceptors (Lipinski definition) is 12. The van der Waals surface area contributed by atoms with Crippen molar-refractivity contribution in [2.75, 3.05) is 6.61 Å². The molecule has 1 saturated heterocycles. The lowest BCUT2D eigenvalue weighted by atomic mass is 9.92. The second kappa shape index (κ2) is 8.67. The third-order valence-electron chi connectivity index (χ3n) is 5.54. The summed E-state index contributed by atoms with van der Waals surface area (Å²) in [7, 11) is 0. The number of phenols is 3. The molecular weight excluding hydrogens is 444 g/mol. The molecule has 7 atom stereocenters. The van der Waals surface area contributed by atoms with Gasteiger partial charge in [0.05, 0.1) is 6.61 Å². The number of carbonyl (C=O) groups is 1. The van der Waals surface area contributed by atoms with Crippen LogP contribution in [0.4, 0.5) is 0 Å². The zero-order chi connectivity index (χ0) is 24.0. The minimum absolute atomic E-state index is 0.160. The Morgan fingerprint density at radius 3 is 2.27 bits per heavy atom. The smallest absolute Gasteiger partial charge is 0.229 e. The second-order valence-corrected chi connectivity index (χ2v) is 7.73. The van der Waals surface area contributed by atoms with Crippen LogP contribution in [0.5, 0.6) is 28.7 Å². The molecule has 2 heterocycles. The Morgan fingerprint density at radius 2 is 1.61 bits per heavy atom. The molecule has 0 saturated carbocycles. The number of aliphatic hydroxyl groups is 5. The predicted molar refractivity (Wildman–Crippen MR) is 106 cm³/mol. The van der Waals surface area contributed by atoms with E-state index in [0.717, 1.165) is 18.2 Å². The first kappa shape index (κ1) is 23.0. The van der Waals surface area contributed by atoms with Crippen LogP contribution in [0.25, 0.3) is 0 Å². The second-order valence-electron chi connectivity index (χ2n) is 7.73. The number of phenolic OH excluding ortho intramolecular Hbond substituents is 3. The average Bonchev–Trinajstić information content (AvgIpc) is 2.78. The minimum atomic E-state index is -1.73. The van der Waals surface area contributed by atoms with Gasteiger partial charge in [-0.2, -0.15) is 0 Å². The molecule has 8 N–H and O–H groups in total. The average molecular weight is 466 g/mol. The molecule has 0 aromatic heterocycles. The summed E-state index contributed by atoms with van der Waals surface area (Å²) in [5.74, 6) is -2.74. The number of ketones is 1. The summed E-state index contributed by atoms with van der Waals surface area (Å²) >= 11 is 0. The molecule has 0 spiro atoms. The Labute approximate surface area is 186 Å². The molecule has 0 bridgehead atoms. The fourth-order valence-electron chi connectivity index (χ4n) is 3.74. The van der Waals surface area contributed by atoms with Crippen molar-refractivity contribution in [3.63, 3.8) is 0 Å². The van der Waals surface area contributed by atoms with E-state index in [4.69, 9.17) is 14.2 Å². The van der Waals surface area contributed by atoms with Crippen molar-refractivity contribution < 1.29 is 59.9 Å². The Morgan fingerprint density at radius 1 is 0.879 bits per heavy atom. The van der Waals surface area contributed by atoms with E-state index in [1.54, 1.807) is 0 Å². The number of benzene rings is 2. The summed E-state index contributed by atoms with van der Waals surface area (Å²) < 4.78 is 16.4. The summed E-state index contributed by atoms with van der Waals surface area (Å²) in [6, 6.07) is 5.76. The van der Waals surface area contributed by atoms with E-state index >= 15 is 0 Å². The van der Waals surface area contributed by atoms with Crippen molar-refractivity contribution in [2.24, 2.45) is 0 Å². The van der Waals surface area contributed by atoms with Crippen molar-refractivity contribution in [1.82, 2.24) is 0 Å². The van der Waals surface area contributed by atoms with Crippen LogP contribution < -0.4 is 9.47 Å². The topological polar surface area (TPSA) is 207 Å².